The zero-order valence-corrected chi connectivity index (χ0v) is 15.0. The fraction of sp³-hybridized carbons (Fsp3) is 0.474. The highest BCUT2D eigenvalue weighted by Crippen LogP contribution is 2.29. The first-order valence-corrected chi connectivity index (χ1v) is 8.83. The van der Waals surface area contributed by atoms with Crippen LogP contribution in [-0.2, 0) is 20.1 Å². The van der Waals surface area contributed by atoms with Gasteiger partial charge in [0, 0.05) is 44.0 Å². The van der Waals surface area contributed by atoms with E-state index in [9.17, 15) is 4.79 Å². The normalized spacial score (nSPS) is 20.6. The number of nitrogens with one attached hydrogen (secondary N) is 2. The van der Waals surface area contributed by atoms with Crippen molar-refractivity contribution in [3.8, 4) is 0 Å². The molecule has 0 spiro atoms. The number of hydrogen-bond acceptors (Lipinski definition) is 3. The van der Waals surface area contributed by atoms with Crippen LogP contribution in [0.5, 0.6) is 0 Å². The molecule has 6 nitrogen and oxygen atoms in total. The van der Waals surface area contributed by atoms with Crippen LogP contribution in [0.4, 0.5) is 4.79 Å². The molecule has 1 saturated heterocycles. The molecule has 25 heavy (non-hydrogen) atoms. The Labute approximate surface area is 149 Å². The van der Waals surface area contributed by atoms with Crippen molar-refractivity contribution >= 4 is 6.03 Å². The first-order chi connectivity index (χ1) is 12.0. The summed E-state index contributed by atoms with van der Waals surface area (Å²) in [5.74, 6) is 0. The fourth-order valence-electron chi connectivity index (χ4n) is 3.43. The first kappa shape index (κ1) is 17.5. The lowest BCUT2D eigenvalue weighted by Crippen LogP contribution is -2.51. The molecule has 1 atom stereocenters. The van der Waals surface area contributed by atoms with Gasteiger partial charge in [-0.1, -0.05) is 30.3 Å². The molecular formula is C19H27N5O. The van der Waals surface area contributed by atoms with E-state index in [1.165, 1.54) is 12.0 Å². The highest BCUT2D eigenvalue weighted by molar-refractivity contribution is 5.73. The van der Waals surface area contributed by atoms with Gasteiger partial charge in [0.25, 0.3) is 0 Å². The number of nitrogens with zero attached hydrogens (tertiary/aromatic N) is 3. The molecule has 134 valence electrons. The molecule has 0 aliphatic carbocycles. The quantitative estimate of drug-likeness (QED) is 0.847. The van der Waals surface area contributed by atoms with Gasteiger partial charge in [-0.15, -0.1) is 0 Å². The largest absolute Gasteiger partial charge is 0.336 e. The lowest BCUT2D eigenvalue weighted by atomic mass is 9.98. The second-order valence-corrected chi connectivity index (χ2v) is 7.07. The van der Waals surface area contributed by atoms with Crippen LogP contribution in [-0.4, -0.2) is 39.3 Å². The van der Waals surface area contributed by atoms with Gasteiger partial charge in [0.15, 0.2) is 0 Å². The molecule has 1 aromatic heterocycles. The molecule has 3 rings (SSSR count). The van der Waals surface area contributed by atoms with Crippen LogP contribution in [0.2, 0.25) is 0 Å². The van der Waals surface area contributed by atoms with Crippen molar-refractivity contribution in [1.29, 1.82) is 0 Å². The van der Waals surface area contributed by atoms with Crippen LogP contribution in [0.1, 0.15) is 30.9 Å². The lowest BCUT2D eigenvalue weighted by Gasteiger charge is -2.35. The Balaban J connectivity index is 1.49. The Bertz CT molecular complexity index is 699. The maximum atomic E-state index is 12.1. The van der Waals surface area contributed by atoms with Crippen molar-refractivity contribution in [1.82, 2.24) is 25.3 Å². The minimum atomic E-state index is -0.128. The number of amides is 2. The van der Waals surface area contributed by atoms with Crippen molar-refractivity contribution in [3.05, 3.63) is 53.9 Å². The third-order valence-electron chi connectivity index (χ3n) is 4.96. The molecule has 1 fully saturated rings. The number of carbonyl (C=O) groups is 1. The number of aryl methyl sites for hydroxylation is 1. The van der Waals surface area contributed by atoms with Crippen LogP contribution in [0.15, 0.2) is 42.7 Å². The Morgan fingerprint density at radius 3 is 2.76 bits per heavy atom. The average Bonchev–Trinajstić information content (AvgIpc) is 3.19. The van der Waals surface area contributed by atoms with Gasteiger partial charge in [0.05, 0.1) is 6.20 Å². The Hall–Kier alpha value is -2.34. The third kappa shape index (κ3) is 4.60. The smallest absolute Gasteiger partial charge is 0.315 e. The predicted octanol–water partition coefficient (Wildman–Crippen LogP) is 2.27. The Kier molecular flexibility index (Phi) is 5.38. The van der Waals surface area contributed by atoms with Gasteiger partial charge < -0.3 is 10.6 Å². The number of aromatic nitrogens is 2. The summed E-state index contributed by atoms with van der Waals surface area (Å²) in [5.41, 5.74) is 2.31. The van der Waals surface area contributed by atoms with Gasteiger partial charge in [-0.2, -0.15) is 5.10 Å². The van der Waals surface area contributed by atoms with Crippen LogP contribution in [0, 0.1) is 0 Å². The van der Waals surface area contributed by atoms with E-state index in [4.69, 9.17) is 0 Å². The van der Waals surface area contributed by atoms with Crippen LogP contribution in [0.25, 0.3) is 0 Å². The van der Waals surface area contributed by atoms with E-state index in [0.717, 1.165) is 25.1 Å². The van der Waals surface area contributed by atoms with E-state index in [1.54, 1.807) is 10.9 Å². The monoisotopic (exact) mass is 341 g/mol. The van der Waals surface area contributed by atoms with Gasteiger partial charge in [0.1, 0.15) is 0 Å². The van der Waals surface area contributed by atoms with Crippen molar-refractivity contribution in [3.63, 3.8) is 0 Å². The molecule has 2 amide bonds. The first-order valence-electron chi connectivity index (χ1n) is 8.83. The third-order valence-corrected chi connectivity index (χ3v) is 4.96. The van der Waals surface area contributed by atoms with Crippen molar-refractivity contribution in [2.45, 2.75) is 38.4 Å². The molecule has 0 radical (unpaired) electrons. The molecule has 1 aliphatic rings. The van der Waals surface area contributed by atoms with Gasteiger partial charge in [0.2, 0.25) is 0 Å². The minimum absolute atomic E-state index is 0.00147. The van der Waals surface area contributed by atoms with Crippen molar-refractivity contribution in [2.75, 3.05) is 13.1 Å². The Morgan fingerprint density at radius 2 is 2.04 bits per heavy atom. The maximum absolute atomic E-state index is 12.1. The van der Waals surface area contributed by atoms with E-state index < -0.39 is 0 Å². The second-order valence-electron chi connectivity index (χ2n) is 7.07. The highest BCUT2D eigenvalue weighted by atomic mass is 16.2. The number of benzene rings is 1. The number of carbonyl (C=O) groups excluding carboxylic acids is 1. The number of hydrogen-bond donors (Lipinski definition) is 2. The molecule has 1 aromatic carbocycles. The molecule has 2 aromatic rings. The molecular weight excluding hydrogens is 314 g/mol. The fourth-order valence-corrected chi connectivity index (χ4v) is 3.43. The molecule has 2 heterocycles. The molecule has 0 bridgehead atoms. The number of rotatable bonds is 6. The topological polar surface area (TPSA) is 62.2 Å². The van der Waals surface area contributed by atoms with E-state index >= 15 is 0 Å². The molecule has 0 unspecified atom stereocenters. The summed E-state index contributed by atoms with van der Waals surface area (Å²) >= 11 is 0. The molecule has 6 heteroatoms. The Morgan fingerprint density at radius 1 is 1.24 bits per heavy atom. The number of urea groups is 1. The van der Waals surface area contributed by atoms with Crippen LogP contribution < -0.4 is 10.6 Å². The van der Waals surface area contributed by atoms with Gasteiger partial charge in [-0.05, 0) is 31.9 Å². The zero-order chi connectivity index (χ0) is 17.7. The summed E-state index contributed by atoms with van der Waals surface area (Å²) in [6.07, 6.45) is 5.94. The van der Waals surface area contributed by atoms with Gasteiger partial charge in [-0.3, -0.25) is 9.58 Å². The zero-order valence-electron chi connectivity index (χ0n) is 15.0. The van der Waals surface area contributed by atoms with Gasteiger partial charge in [-0.25, -0.2) is 4.79 Å². The van der Waals surface area contributed by atoms with Crippen LogP contribution >= 0.6 is 0 Å². The van der Waals surface area contributed by atoms with Crippen molar-refractivity contribution < 1.29 is 4.79 Å². The summed E-state index contributed by atoms with van der Waals surface area (Å²) in [6.45, 7) is 5.38. The van der Waals surface area contributed by atoms with E-state index in [2.05, 4.69) is 51.8 Å². The SMILES string of the molecule is Cn1cc(CNC(=O)NC[C@@]2(C)CCCN2Cc2ccccc2)cn1. The molecule has 2 N–H and O–H groups in total. The summed E-state index contributed by atoms with van der Waals surface area (Å²) in [4.78, 5) is 14.6. The van der Waals surface area contributed by atoms with E-state index in [0.29, 0.717) is 13.1 Å². The second kappa shape index (κ2) is 7.70. The molecule has 1 aliphatic heterocycles. The lowest BCUT2D eigenvalue weighted by molar-refractivity contribution is 0.145. The average molecular weight is 341 g/mol. The van der Waals surface area contributed by atoms with Crippen LogP contribution in [0.3, 0.4) is 0 Å². The summed E-state index contributed by atoms with van der Waals surface area (Å²) in [6, 6.07) is 10.4. The van der Waals surface area contributed by atoms with Crippen molar-refractivity contribution in [2.24, 2.45) is 7.05 Å². The summed E-state index contributed by atoms with van der Waals surface area (Å²) in [5, 5.41) is 10.0. The highest BCUT2D eigenvalue weighted by Gasteiger charge is 2.36. The van der Waals surface area contributed by atoms with Gasteiger partial charge >= 0.3 is 6.03 Å². The predicted molar refractivity (Wildman–Crippen MR) is 97.9 cm³/mol. The molecule has 0 saturated carbocycles. The summed E-state index contributed by atoms with van der Waals surface area (Å²) < 4.78 is 1.73. The maximum Gasteiger partial charge on any atom is 0.315 e. The minimum Gasteiger partial charge on any atom is -0.336 e. The van der Waals surface area contributed by atoms with E-state index in [-0.39, 0.29) is 11.6 Å². The standard InChI is InChI=1S/C19H27N5O/c1-19(9-6-10-24(19)14-16-7-4-3-5-8-16)15-21-18(25)20-11-17-12-22-23(2)13-17/h3-5,7-8,12-13H,6,9-11,14-15H2,1-2H3,(H2,20,21,25)/t19-/m1/s1. The summed E-state index contributed by atoms with van der Waals surface area (Å²) in [7, 11) is 1.87. The van der Waals surface area contributed by atoms with E-state index in [1.807, 2.05) is 19.3 Å². The number of likely N-dealkylation sites (tertiary alicyclic amines) is 1.